The molecule has 0 saturated carbocycles. The van der Waals surface area contributed by atoms with E-state index in [2.05, 4.69) is 13.8 Å². The summed E-state index contributed by atoms with van der Waals surface area (Å²) >= 11 is 4.82. The van der Waals surface area contributed by atoms with Gasteiger partial charge in [0.2, 0.25) is 0 Å². The van der Waals surface area contributed by atoms with E-state index < -0.39 is 0 Å². The molecule has 0 radical (unpaired) electrons. The van der Waals surface area contributed by atoms with Crippen LogP contribution in [0.5, 0.6) is 0 Å². The van der Waals surface area contributed by atoms with Crippen molar-refractivity contribution in [3.8, 4) is 0 Å². The Hall–Kier alpha value is -1.00. The van der Waals surface area contributed by atoms with E-state index in [0.717, 1.165) is 12.0 Å². The maximum atomic E-state index is 13.3. The van der Waals surface area contributed by atoms with E-state index in [1.807, 2.05) is 0 Å². The van der Waals surface area contributed by atoms with Crippen molar-refractivity contribution < 1.29 is 9.13 Å². The van der Waals surface area contributed by atoms with Crippen LogP contribution in [0.15, 0.2) is 18.2 Å². The summed E-state index contributed by atoms with van der Waals surface area (Å²) in [4.78, 5) is 0.202. The predicted molar refractivity (Wildman–Crippen MR) is 71.4 cm³/mol. The topological polar surface area (TPSA) is 35.2 Å². The lowest BCUT2D eigenvalue weighted by molar-refractivity contribution is 0.110. The van der Waals surface area contributed by atoms with Gasteiger partial charge in [0, 0.05) is 12.2 Å². The van der Waals surface area contributed by atoms with Gasteiger partial charge in [0.1, 0.15) is 10.8 Å². The van der Waals surface area contributed by atoms with Crippen molar-refractivity contribution in [2.24, 2.45) is 11.7 Å². The number of nitrogens with two attached hydrogens (primary N) is 1. The van der Waals surface area contributed by atoms with Gasteiger partial charge in [0.15, 0.2) is 0 Å². The largest absolute Gasteiger partial charge is 0.389 e. The zero-order chi connectivity index (χ0) is 12.8. The fourth-order valence-electron chi connectivity index (χ4n) is 1.39. The smallest absolute Gasteiger partial charge is 0.124 e. The molecule has 4 heteroatoms. The number of rotatable bonds is 6. The first kappa shape index (κ1) is 14.1. The summed E-state index contributed by atoms with van der Waals surface area (Å²) in [6, 6.07) is 4.54. The Morgan fingerprint density at radius 2 is 2.12 bits per heavy atom. The Kier molecular flexibility index (Phi) is 5.51. The molecule has 0 saturated heterocycles. The Balaban J connectivity index is 2.56. The van der Waals surface area contributed by atoms with Crippen LogP contribution < -0.4 is 5.73 Å². The molecule has 2 N–H and O–H groups in total. The van der Waals surface area contributed by atoms with Crippen LogP contribution in [0.2, 0.25) is 0 Å². The summed E-state index contributed by atoms with van der Waals surface area (Å²) in [5, 5.41) is 0. The van der Waals surface area contributed by atoms with Gasteiger partial charge in [-0.2, -0.15) is 0 Å². The maximum absolute atomic E-state index is 13.3. The molecule has 0 unspecified atom stereocenters. The maximum Gasteiger partial charge on any atom is 0.124 e. The molecule has 0 fully saturated rings. The van der Waals surface area contributed by atoms with Crippen molar-refractivity contribution in [2.75, 3.05) is 6.61 Å². The van der Waals surface area contributed by atoms with Crippen LogP contribution >= 0.6 is 12.2 Å². The molecule has 0 aliphatic carbocycles. The van der Waals surface area contributed by atoms with Crippen molar-refractivity contribution in [1.82, 2.24) is 0 Å². The first-order chi connectivity index (χ1) is 7.99. The minimum atomic E-state index is -0.335. The molecule has 0 spiro atoms. The highest BCUT2D eigenvalue weighted by molar-refractivity contribution is 7.80. The third-order valence-electron chi connectivity index (χ3n) is 2.35. The van der Waals surface area contributed by atoms with Crippen LogP contribution in [-0.2, 0) is 11.3 Å². The number of hydrogen-bond donors (Lipinski definition) is 1. The second-order valence-electron chi connectivity index (χ2n) is 4.45. The zero-order valence-electron chi connectivity index (χ0n) is 10.2. The van der Waals surface area contributed by atoms with Crippen LogP contribution in [0.4, 0.5) is 4.39 Å². The van der Waals surface area contributed by atoms with Crippen molar-refractivity contribution in [3.63, 3.8) is 0 Å². The summed E-state index contributed by atoms with van der Waals surface area (Å²) in [6.07, 6.45) is 0.997. The van der Waals surface area contributed by atoms with E-state index >= 15 is 0 Å². The van der Waals surface area contributed by atoms with Gasteiger partial charge in [0.05, 0.1) is 6.61 Å². The molecule has 1 rings (SSSR count). The molecule has 17 heavy (non-hydrogen) atoms. The summed E-state index contributed by atoms with van der Waals surface area (Å²) in [5.41, 5.74) is 6.77. The Bertz CT molecular complexity index is 393. The number of halogens is 1. The van der Waals surface area contributed by atoms with Crippen LogP contribution in [0.1, 0.15) is 31.4 Å². The fourth-order valence-corrected chi connectivity index (χ4v) is 1.50. The highest BCUT2D eigenvalue weighted by atomic mass is 32.1. The van der Waals surface area contributed by atoms with Gasteiger partial charge in [-0.15, -0.1) is 0 Å². The number of hydrogen-bond acceptors (Lipinski definition) is 2. The van der Waals surface area contributed by atoms with Crippen LogP contribution in [0.25, 0.3) is 0 Å². The van der Waals surface area contributed by atoms with Gasteiger partial charge in [-0.05, 0) is 36.1 Å². The van der Waals surface area contributed by atoms with Crippen molar-refractivity contribution in [1.29, 1.82) is 0 Å². The predicted octanol–water partition coefficient (Wildman–Crippen LogP) is 3.02. The molecule has 2 nitrogen and oxygen atoms in total. The van der Waals surface area contributed by atoms with E-state index in [9.17, 15) is 4.39 Å². The standard InChI is InChI=1S/C13H18FNOS/c1-9(2)3-4-16-8-10-5-11(13(15)17)7-12(14)6-10/h5-7,9H,3-4,8H2,1-2H3,(H2,15,17). The molecular formula is C13H18FNOS. The second kappa shape index (κ2) is 6.67. The van der Waals surface area contributed by atoms with E-state index in [1.54, 1.807) is 6.07 Å². The highest BCUT2D eigenvalue weighted by Crippen LogP contribution is 2.11. The molecule has 0 heterocycles. The van der Waals surface area contributed by atoms with Crippen LogP contribution in [0.3, 0.4) is 0 Å². The van der Waals surface area contributed by atoms with Crippen molar-refractivity contribution >= 4 is 17.2 Å². The molecular weight excluding hydrogens is 237 g/mol. The lowest BCUT2D eigenvalue weighted by Crippen LogP contribution is -2.10. The summed E-state index contributed by atoms with van der Waals surface area (Å²) in [7, 11) is 0. The van der Waals surface area contributed by atoms with E-state index in [1.165, 1.54) is 12.1 Å². The highest BCUT2D eigenvalue weighted by Gasteiger charge is 2.03. The second-order valence-corrected chi connectivity index (χ2v) is 4.89. The minimum Gasteiger partial charge on any atom is -0.389 e. The Labute approximate surface area is 107 Å². The minimum absolute atomic E-state index is 0.202. The van der Waals surface area contributed by atoms with E-state index in [-0.39, 0.29) is 10.8 Å². The molecule has 0 aromatic heterocycles. The third-order valence-corrected chi connectivity index (χ3v) is 2.59. The summed E-state index contributed by atoms with van der Waals surface area (Å²) in [6.45, 7) is 5.34. The quantitative estimate of drug-likeness (QED) is 0.627. The molecule has 0 aliphatic rings. The molecule has 1 aromatic carbocycles. The van der Waals surface area contributed by atoms with Gasteiger partial charge in [0.25, 0.3) is 0 Å². The van der Waals surface area contributed by atoms with Gasteiger partial charge >= 0.3 is 0 Å². The Morgan fingerprint density at radius 1 is 1.41 bits per heavy atom. The SMILES string of the molecule is CC(C)CCOCc1cc(F)cc(C(N)=S)c1. The molecule has 0 aliphatic heterocycles. The molecule has 0 atom stereocenters. The van der Waals surface area contributed by atoms with E-state index in [4.69, 9.17) is 22.7 Å². The lowest BCUT2D eigenvalue weighted by atomic mass is 10.1. The molecule has 0 amide bonds. The number of benzene rings is 1. The van der Waals surface area contributed by atoms with Crippen molar-refractivity contribution in [2.45, 2.75) is 26.9 Å². The van der Waals surface area contributed by atoms with E-state index in [0.29, 0.717) is 24.7 Å². The third kappa shape index (κ3) is 5.24. The molecule has 1 aromatic rings. The van der Waals surface area contributed by atoms with Crippen molar-refractivity contribution in [3.05, 3.63) is 35.1 Å². The average molecular weight is 255 g/mol. The monoisotopic (exact) mass is 255 g/mol. The number of thiocarbonyl (C=S) groups is 1. The first-order valence-corrected chi connectivity index (χ1v) is 6.07. The molecule has 94 valence electrons. The van der Waals surface area contributed by atoms with Gasteiger partial charge in [-0.1, -0.05) is 26.1 Å². The van der Waals surface area contributed by atoms with Gasteiger partial charge in [-0.3, -0.25) is 0 Å². The fraction of sp³-hybridized carbons (Fsp3) is 0.462. The Morgan fingerprint density at radius 3 is 2.71 bits per heavy atom. The van der Waals surface area contributed by atoms with Gasteiger partial charge < -0.3 is 10.5 Å². The average Bonchev–Trinajstić information content (AvgIpc) is 2.23. The summed E-state index contributed by atoms with van der Waals surface area (Å²) in [5.74, 6) is 0.271. The lowest BCUT2D eigenvalue weighted by Gasteiger charge is -2.08. The zero-order valence-corrected chi connectivity index (χ0v) is 11.0. The van der Waals surface area contributed by atoms with Crippen LogP contribution in [-0.4, -0.2) is 11.6 Å². The number of ether oxygens (including phenoxy) is 1. The molecule has 0 bridgehead atoms. The van der Waals surface area contributed by atoms with Crippen LogP contribution in [0, 0.1) is 11.7 Å². The first-order valence-electron chi connectivity index (χ1n) is 5.66. The normalized spacial score (nSPS) is 10.8. The van der Waals surface area contributed by atoms with Gasteiger partial charge in [-0.25, -0.2) is 4.39 Å². The summed E-state index contributed by atoms with van der Waals surface area (Å²) < 4.78 is 18.7.